The van der Waals surface area contributed by atoms with E-state index in [1.165, 1.54) is 4.90 Å². The third-order valence-corrected chi connectivity index (χ3v) is 4.94. The molecule has 0 radical (unpaired) electrons. The molecule has 8 heteroatoms. The maximum Gasteiger partial charge on any atom is 0.243 e. The van der Waals surface area contributed by atoms with Crippen molar-refractivity contribution in [3.8, 4) is 0 Å². The first-order valence-corrected chi connectivity index (χ1v) is 9.19. The van der Waals surface area contributed by atoms with Crippen molar-refractivity contribution < 1.29 is 14.4 Å². The van der Waals surface area contributed by atoms with E-state index in [1.807, 2.05) is 13.8 Å². The molecule has 0 bridgehead atoms. The van der Waals surface area contributed by atoms with Gasteiger partial charge in [-0.15, -0.1) is 0 Å². The second-order valence-electron chi connectivity index (χ2n) is 6.85. The topological polar surface area (TPSA) is 145 Å². The molecule has 7 N–H and O–H groups in total. The Labute approximate surface area is 149 Å². The molecule has 1 aliphatic rings. The summed E-state index contributed by atoms with van der Waals surface area (Å²) in [4.78, 5) is 38.3. The molecule has 1 rings (SSSR count). The van der Waals surface area contributed by atoms with Gasteiger partial charge >= 0.3 is 0 Å². The SMILES string of the molecule is CC[C@H](C)[C@H](NC(=O)[C@@H]1CCCN1C(=O)[C@@H](N)CCCCN)C(N)=O. The highest BCUT2D eigenvalue weighted by Crippen LogP contribution is 2.20. The predicted octanol–water partition coefficient (Wildman–Crippen LogP) is -0.550. The van der Waals surface area contributed by atoms with Crippen LogP contribution in [0.15, 0.2) is 0 Å². The van der Waals surface area contributed by atoms with Gasteiger partial charge in [0, 0.05) is 6.54 Å². The maximum absolute atomic E-state index is 12.6. The zero-order chi connectivity index (χ0) is 19.0. The fourth-order valence-corrected chi connectivity index (χ4v) is 3.13. The first-order chi connectivity index (χ1) is 11.8. The molecule has 0 saturated carbocycles. The number of nitrogens with zero attached hydrogens (tertiary/aromatic N) is 1. The summed E-state index contributed by atoms with van der Waals surface area (Å²) < 4.78 is 0. The van der Waals surface area contributed by atoms with E-state index in [4.69, 9.17) is 17.2 Å². The highest BCUT2D eigenvalue weighted by atomic mass is 16.2. The molecular weight excluding hydrogens is 322 g/mol. The number of hydrogen-bond acceptors (Lipinski definition) is 5. The van der Waals surface area contributed by atoms with Gasteiger partial charge in [-0.25, -0.2) is 0 Å². The molecule has 25 heavy (non-hydrogen) atoms. The van der Waals surface area contributed by atoms with Crippen LogP contribution in [0.5, 0.6) is 0 Å². The van der Waals surface area contributed by atoms with E-state index < -0.39 is 24.0 Å². The van der Waals surface area contributed by atoms with Crippen LogP contribution in [-0.4, -0.2) is 53.8 Å². The summed E-state index contributed by atoms with van der Waals surface area (Å²) in [5.74, 6) is -1.17. The molecule has 8 nitrogen and oxygen atoms in total. The predicted molar refractivity (Wildman–Crippen MR) is 96.2 cm³/mol. The van der Waals surface area contributed by atoms with Gasteiger partial charge in [-0.2, -0.15) is 0 Å². The smallest absolute Gasteiger partial charge is 0.243 e. The largest absolute Gasteiger partial charge is 0.368 e. The first kappa shape index (κ1) is 21.4. The number of rotatable bonds is 10. The summed E-state index contributed by atoms with van der Waals surface area (Å²) in [6.07, 6.45) is 4.18. The summed E-state index contributed by atoms with van der Waals surface area (Å²) in [6.45, 7) is 4.87. The number of nitrogens with one attached hydrogen (secondary N) is 1. The number of carbonyl (C=O) groups is 3. The van der Waals surface area contributed by atoms with E-state index in [1.54, 1.807) is 0 Å². The second kappa shape index (κ2) is 10.4. The fraction of sp³-hybridized carbons (Fsp3) is 0.824. The van der Waals surface area contributed by atoms with Crippen LogP contribution in [0.2, 0.25) is 0 Å². The van der Waals surface area contributed by atoms with E-state index in [0.29, 0.717) is 32.4 Å². The minimum absolute atomic E-state index is 0.0643. The molecule has 0 spiro atoms. The van der Waals surface area contributed by atoms with Crippen molar-refractivity contribution in [2.45, 2.75) is 70.5 Å². The molecule has 144 valence electrons. The van der Waals surface area contributed by atoms with Crippen LogP contribution < -0.4 is 22.5 Å². The number of unbranched alkanes of at least 4 members (excludes halogenated alkanes) is 1. The quantitative estimate of drug-likeness (QED) is 0.389. The van der Waals surface area contributed by atoms with E-state index in [-0.39, 0.29) is 17.7 Å². The third kappa shape index (κ3) is 5.97. The van der Waals surface area contributed by atoms with Gasteiger partial charge in [0.2, 0.25) is 17.7 Å². The highest BCUT2D eigenvalue weighted by molar-refractivity contribution is 5.93. The lowest BCUT2D eigenvalue weighted by Gasteiger charge is -2.29. The highest BCUT2D eigenvalue weighted by Gasteiger charge is 2.37. The lowest BCUT2D eigenvalue weighted by atomic mass is 9.98. The molecule has 1 aliphatic heterocycles. The molecule has 0 unspecified atom stereocenters. The molecular formula is C17H33N5O3. The number of nitrogens with two attached hydrogens (primary N) is 3. The number of carbonyl (C=O) groups excluding carboxylic acids is 3. The van der Waals surface area contributed by atoms with Gasteiger partial charge in [0.25, 0.3) is 0 Å². The van der Waals surface area contributed by atoms with Crippen LogP contribution in [0.1, 0.15) is 52.4 Å². The Bertz CT molecular complexity index is 471. The van der Waals surface area contributed by atoms with Gasteiger partial charge in [-0.3, -0.25) is 14.4 Å². The van der Waals surface area contributed by atoms with Gasteiger partial charge in [-0.1, -0.05) is 26.7 Å². The van der Waals surface area contributed by atoms with E-state index >= 15 is 0 Å². The summed E-state index contributed by atoms with van der Waals surface area (Å²) in [5, 5.41) is 2.72. The van der Waals surface area contributed by atoms with E-state index in [9.17, 15) is 14.4 Å². The molecule has 0 aromatic rings. The van der Waals surface area contributed by atoms with Crippen LogP contribution >= 0.6 is 0 Å². The van der Waals surface area contributed by atoms with Crippen molar-refractivity contribution in [2.24, 2.45) is 23.1 Å². The summed E-state index contributed by atoms with van der Waals surface area (Å²) >= 11 is 0. The Balaban J connectivity index is 2.70. The Morgan fingerprint density at radius 3 is 2.52 bits per heavy atom. The Morgan fingerprint density at radius 2 is 1.96 bits per heavy atom. The Kier molecular flexibility index (Phi) is 8.85. The van der Waals surface area contributed by atoms with Crippen molar-refractivity contribution in [1.29, 1.82) is 0 Å². The summed E-state index contributed by atoms with van der Waals surface area (Å²) in [6, 6.07) is -1.94. The average Bonchev–Trinajstić information content (AvgIpc) is 3.07. The molecule has 0 aromatic heterocycles. The lowest BCUT2D eigenvalue weighted by Crippen LogP contribution is -2.56. The van der Waals surface area contributed by atoms with Gasteiger partial charge in [-0.05, 0) is 38.1 Å². The summed E-state index contributed by atoms with van der Waals surface area (Å²) in [5.41, 5.74) is 16.8. The monoisotopic (exact) mass is 355 g/mol. The molecule has 0 aromatic carbocycles. The van der Waals surface area contributed by atoms with Crippen molar-refractivity contribution in [3.63, 3.8) is 0 Å². The Morgan fingerprint density at radius 1 is 1.28 bits per heavy atom. The van der Waals surface area contributed by atoms with E-state index in [0.717, 1.165) is 19.3 Å². The number of amides is 3. The molecule has 3 amide bonds. The van der Waals surface area contributed by atoms with Gasteiger partial charge in [0.05, 0.1) is 6.04 Å². The van der Waals surface area contributed by atoms with Crippen molar-refractivity contribution >= 4 is 17.7 Å². The fourth-order valence-electron chi connectivity index (χ4n) is 3.13. The third-order valence-electron chi connectivity index (χ3n) is 4.94. The zero-order valence-corrected chi connectivity index (χ0v) is 15.4. The van der Waals surface area contributed by atoms with Crippen molar-refractivity contribution in [1.82, 2.24) is 10.2 Å². The zero-order valence-electron chi connectivity index (χ0n) is 15.4. The average molecular weight is 355 g/mol. The van der Waals surface area contributed by atoms with Crippen LogP contribution in [0, 0.1) is 5.92 Å². The molecule has 1 heterocycles. The van der Waals surface area contributed by atoms with Crippen molar-refractivity contribution in [3.05, 3.63) is 0 Å². The molecule has 4 atom stereocenters. The van der Waals surface area contributed by atoms with Crippen LogP contribution in [0.25, 0.3) is 0 Å². The summed E-state index contributed by atoms with van der Waals surface area (Å²) in [7, 11) is 0. The minimum Gasteiger partial charge on any atom is -0.368 e. The normalized spacial score (nSPS) is 20.8. The standard InChI is InChI=1S/C17H33N5O3/c1-3-11(2)14(15(20)23)21-16(24)13-8-6-10-22(13)17(25)12(19)7-4-5-9-18/h11-14H,3-10,18-19H2,1-2H3,(H2,20,23)(H,21,24)/t11-,12-,13-,14-/m0/s1. The first-order valence-electron chi connectivity index (χ1n) is 9.19. The number of primary amides is 1. The molecule has 1 saturated heterocycles. The van der Waals surface area contributed by atoms with Crippen LogP contribution in [-0.2, 0) is 14.4 Å². The maximum atomic E-state index is 12.6. The van der Waals surface area contributed by atoms with Gasteiger partial charge in [0.1, 0.15) is 12.1 Å². The molecule has 1 fully saturated rings. The van der Waals surface area contributed by atoms with Crippen LogP contribution in [0.3, 0.4) is 0 Å². The minimum atomic E-state index is -0.728. The Hall–Kier alpha value is -1.67. The van der Waals surface area contributed by atoms with E-state index in [2.05, 4.69) is 5.32 Å². The number of hydrogen-bond donors (Lipinski definition) is 4. The van der Waals surface area contributed by atoms with Crippen molar-refractivity contribution in [2.75, 3.05) is 13.1 Å². The van der Waals surface area contributed by atoms with Gasteiger partial charge < -0.3 is 27.4 Å². The number of likely N-dealkylation sites (tertiary alicyclic amines) is 1. The lowest BCUT2D eigenvalue weighted by molar-refractivity contribution is -0.140. The second-order valence-corrected chi connectivity index (χ2v) is 6.85. The molecule has 0 aliphatic carbocycles. The van der Waals surface area contributed by atoms with Crippen LogP contribution in [0.4, 0.5) is 0 Å². The van der Waals surface area contributed by atoms with Gasteiger partial charge in [0.15, 0.2) is 0 Å².